The van der Waals surface area contributed by atoms with Crippen molar-refractivity contribution >= 4 is 0 Å². The molecule has 0 aromatic heterocycles. The number of aromatic hydroxyl groups is 2. The molecule has 3 rings (SSSR count). The second kappa shape index (κ2) is 5.65. The Labute approximate surface area is 121 Å². The van der Waals surface area contributed by atoms with Crippen molar-refractivity contribution in [2.24, 2.45) is 0 Å². The smallest absolute Gasteiger partial charge is 0.160 e. The topological polar surface area (TPSA) is 43.7 Å². The Kier molecular flexibility index (Phi) is 3.88. The summed E-state index contributed by atoms with van der Waals surface area (Å²) in [4.78, 5) is 2.66. The number of likely N-dealkylation sites (tertiary alicyclic amines) is 1. The Hall–Kier alpha value is -1.22. The number of phenols is 2. The monoisotopic (exact) mass is 275 g/mol. The van der Waals surface area contributed by atoms with Crippen LogP contribution in [0.25, 0.3) is 0 Å². The van der Waals surface area contributed by atoms with Gasteiger partial charge in [0.05, 0.1) is 0 Å². The Morgan fingerprint density at radius 3 is 2.90 bits per heavy atom. The highest BCUT2D eigenvalue weighted by atomic mass is 16.3. The van der Waals surface area contributed by atoms with Gasteiger partial charge in [-0.3, -0.25) is 4.90 Å². The predicted molar refractivity (Wildman–Crippen MR) is 80.3 cm³/mol. The standard InChI is InChI=1S/C17H25NO2/c1-2-3-10-18-11-4-5-13-12-7-9-16(19)17(20)14(12)6-8-15(13)18/h7,9,13,15,19-20H,2-6,8,10-11H2,1H3. The fraction of sp³-hybridized carbons (Fsp3) is 0.647. The van der Waals surface area contributed by atoms with Gasteiger partial charge in [-0.25, -0.2) is 0 Å². The molecular weight excluding hydrogens is 250 g/mol. The van der Waals surface area contributed by atoms with Crippen molar-refractivity contribution in [1.82, 2.24) is 4.90 Å². The molecule has 1 aliphatic heterocycles. The van der Waals surface area contributed by atoms with E-state index in [1.807, 2.05) is 6.07 Å². The summed E-state index contributed by atoms with van der Waals surface area (Å²) in [6.07, 6.45) is 6.98. The lowest BCUT2D eigenvalue weighted by atomic mass is 9.74. The average molecular weight is 275 g/mol. The fourth-order valence-electron chi connectivity index (χ4n) is 4.05. The highest BCUT2D eigenvalue weighted by Gasteiger charge is 2.37. The Bertz CT molecular complexity index is 486. The molecule has 2 atom stereocenters. The van der Waals surface area contributed by atoms with Gasteiger partial charge in [0.2, 0.25) is 0 Å². The second-order valence-corrected chi connectivity index (χ2v) is 6.25. The second-order valence-electron chi connectivity index (χ2n) is 6.25. The zero-order chi connectivity index (χ0) is 14.1. The molecule has 3 heteroatoms. The van der Waals surface area contributed by atoms with E-state index in [1.54, 1.807) is 6.07 Å². The van der Waals surface area contributed by atoms with Gasteiger partial charge in [0.1, 0.15) is 0 Å². The van der Waals surface area contributed by atoms with Crippen LogP contribution in [0.5, 0.6) is 11.5 Å². The molecule has 110 valence electrons. The summed E-state index contributed by atoms with van der Waals surface area (Å²) in [6.45, 7) is 4.68. The Balaban J connectivity index is 1.87. The van der Waals surface area contributed by atoms with Crippen LogP contribution in [-0.2, 0) is 6.42 Å². The summed E-state index contributed by atoms with van der Waals surface area (Å²) in [5.74, 6) is 0.684. The molecule has 0 amide bonds. The number of unbranched alkanes of at least 4 members (excludes halogenated alkanes) is 1. The van der Waals surface area contributed by atoms with Crippen LogP contribution in [0.3, 0.4) is 0 Å². The number of hydrogen-bond donors (Lipinski definition) is 2. The molecule has 0 radical (unpaired) electrons. The maximum absolute atomic E-state index is 10.1. The van der Waals surface area contributed by atoms with Crippen molar-refractivity contribution in [2.75, 3.05) is 13.1 Å². The summed E-state index contributed by atoms with van der Waals surface area (Å²) in [5, 5.41) is 19.8. The summed E-state index contributed by atoms with van der Waals surface area (Å²) in [7, 11) is 0. The van der Waals surface area contributed by atoms with Gasteiger partial charge in [0, 0.05) is 11.6 Å². The van der Waals surface area contributed by atoms with Crippen LogP contribution in [0.15, 0.2) is 12.1 Å². The van der Waals surface area contributed by atoms with E-state index in [0.29, 0.717) is 12.0 Å². The normalized spacial score (nSPS) is 26.1. The van der Waals surface area contributed by atoms with E-state index in [9.17, 15) is 10.2 Å². The molecule has 2 aliphatic rings. The first-order valence-electron chi connectivity index (χ1n) is 8.00. The third-order valence-corrected chi connectivity index (χ3v) is 5.08. The number of rotatable bonds is 3. The summed E-state index contributed by atoms with van der Waals surface area (Å²) >= 11 is 0. The van der Waals surface area contributed by atoms with Crippen LogP contribution in [0, 0.1) is 0 Å². The summed E-state index contributed by atoms with van der Waals surface area (Å²) in [6, 6.07) is 4.32. The molecule has 1 heterocycles. The van der Waals surface area contributed by atoms with Crippen molar-refractivity contribution < 1.29 is 10.2 Å². The molecule has 1 aromatic carbocycles. The number of phenolic OH excluding ortho intramolecular Hbond substituents is 2. The summed E-state index contributed by atoms with van der Waals surface area (Å²) < 4.78 is 0. The van der Waals surface area contributed by atoms with Gasteiger partial charge in [0.25, 0.3) is 0 Å². The SMILES string of the molecule is CCCCN1CCCC2c3ccc(O)c(O)c3CCC21. The average Bonchev–Trinajstić information content (AvgIpc) is 2.48. The first-order valence-corrected chi connectivity index (χ1v) is 8.00. The van der Waals surface area contributed by atoms with Crippen LogP contribution >= 0.6 is 0 Å². The maximum atomic E-state index is 10.1. The zero-order valence-corrected chi connectivity index (χ0v) is 12.3. The highest BCUT2D eigenvalue weighted by Crippen LogP contribution is 2.45. The molecule has 3 nitrogen and oxygen atoms in total. The van der Waals surface area contributed by atoms with E-state index in [1.165, 1.54) is 44.3 Å². The fourth-order valence-corrected chi connectivity index (χ4v) is 4.05. The zero-order valence-electron chi connectivity index (χ0n) is 12.3. The number of benzene rings is 1. The van der Waals surface area contributed by atoms with Crippen molar-refractivity contribution in [3.63, 3.8) is 0 Å². The van der Waals surface area contributed by atoms with Gasteiger partial charge in [-0.1, -0.05) is 19.4 Å². The number of hydrogen-bond acceptors (Lipinski definition) is 3. The van der Waals surface area contributed by atoms with Gasteiger partial charge < -0.3 is 10.2 Å². The van der Waals surface area contributed by atoms with E-state index in [4.69, 9.17) is 0 Å². The van der Waals surface area contributed by atoms with Crippen molar-refractivity contribution in [2.45, 2.75) is 57.4 Å². The van der Waals surface area contributed by atoms with Gasteiger partial charge in [0.15, 0.2) is 11.5 Å². The minimum Gasteiger partial charge on any atom is -0.504 e. The van der Waals surface area contributed by atoms with Crippen LogP contribution < -0.4 is 0 Å². The molecule has 2 unspecified atom stereocenters. The number of fused-ring (bicyclic) bond motifs is 3. The molecule has 0 spiro atoms. The summed E-state index contributed by atoms with van der Waals surface area (Å²) in [5.41, 5.74) is 2.27. The first kappa shape index (κ1) is 13.7. The lowest BCUT2D eigenvalue weighted by Gasteiger charge is -2.45. The third kappa shape index (κ3) is 2.28. The molecule has 2 N–H and O–H groups in total. The van der Waals surface area contributed by atoms with Crippen LogP contribution in [0.1, 0.15) is 56.1 Å². The van der Waals surface area contributed by atoms with Gasteiger partial charge in [-0.05, 0) is 62.7 Å². The molecule has 1 aromatic rings. The lowest BCUT2D eigenvalue weighted by Crippen LogP contribution is -2.46. The quantitative estimate of drug-likeness (QED) is 0.831. The van der Waals surface area contributed by atoms with Crippen LogP contribution in [-0.4, -0.2) is 34.2 Å². The van der Waals surface area contributed by atoms with E-state index < -0.39 is 0 Å². The van der Waals surface area contributed by atoms with Crippen molar-refractivity contribution in [1.29, 1.82) is 0 Å². The van der Waals surface area contributed by atoms with Gasteiger partial charge in [-0.2, -0.15) is 0 Å². The molecular formula is C17H25NO2. The number of nitrogens with zero attached hydrogens (tertiary/aromatic N) is 1. The van der Waals surface area contributed by atoms with Gasteiger partial charge in [-0.15, -0.1) is 0 Å². The first-order chi connectivity index (χ1) is 9.72. The van der Waals surface area contributed by atoms with Crippen LogP contribution in [0.2, 0.25) is 0 Å². The predicted octanol–water partition coefficient (Wildman–Crippen LogP) is 3.39. The Morgan fingerprint density at radius 2 is 2.10 bits per heavy atom. The van der Waals surface area contributed by atoms with Crippen molar-refractivity contribution in [3.8, 4) is 11.5 Å². The molecule has 1 saturated heterocycles. The largest absolute Gasteiger partial charge is 0.504 e. The van der Waals surface area contributed by atoms with Crippen LogP contribution in [0.4, 0.5) is 0 Å². The molecule has 1 fully saturated rings. The van der Waals surface area contributed by atoms with E-state index in [2.05, 4.69) is 11.8 Å². The Morgan fingerprint density at radius 1 is 1.25 bits per heavy atom. The molecule has 0 bridgehead atoms. The van der Waals surface area contributed by atoms with Gasteiger partial charge >= 0.3 is 0 Å². The third-order valence-electron chi connectivity index (χ3n) is 5.08. The van der Waals surface area contributed by atoms with E-state index in [-0.39, 0.29) is 11.5 Å². The molecule has 0 saturated carbocycles. The van der Waals surface area contributed by atoms with Crippen molar-refractivity contribution in [3.05, 3.63) is 23.3 Å². The van der Waals surface area contributed by atoms with E-state index >= 15 is 0 Å². The molecule has 1 aliphatic carbocycles. The highest BCUT2D eigenvalue weighted by molar-refractivity contribution is 5.51. The van der Waals surface area contributed by atoms with E-state index in [0.717, 1.165) is 18.4 Å². The minimum absolute atomic E-state index is 0.0286. The molecule has 20 heavy (non-hydrogen) atoms. The number of piperidine rings is 1. The lowest BCUT2D eigenvalue weighted by molar-refractivity contribution is 0.110. The maximum Gasteiger partial charge on any atom is 0.160 e. The minimum atomic E-state index is 0.0286.